The number of halogens is 2. The number of carbonyl (C=O) groups excluding carboxylic acids is 1. The molecule has 1 amide bonds. The number of rotatable bonds is 4. The molecule has 1 aliphatic rings. The molecule has 0 aromatic heterocycles. The van der Waals surface area contributed by atoms with Crippen LogP contribution in [0.4, 0.5) is 0 Å². The third-order valence-corrected chi connectivity index (χ3v) is 3.92. The van der Waals surface area contributed by atoms with Crippen LogP contribution >= 0.6 is 23.2 Å². The van der Waals surface area contributed by atoms with E-state index in [0.717, 1.165) is 31.4 Å². The van der Waals surface area contributed by atoms with Gasteiger partial charge in [0.05, 0.1) is 6.04 Å². The Hall–Kier alpha value is -0.770. The summed E-state index contributed by atoms with van der Waals surface area (Å²) in [6.45, 7) is 1.53. The van der Waals surface area contributed by atoms with E-state index in [-0.39, 0.29) is 11.9 Å². The van der Waals surface area contributed by atoms with Crippen LogP contribution in [0.2, 0.25) is 10.0 Å². The maximum atomic E-state index is 11.9. The molecule has 1 saturated heterocycles. The summed E-state index contributed by atoms with van der Waals surface area (Å²) in [5.41, 5.74) is 1.00. The van der Waals surface area contributed by atoms with Crippen LogP contribution in [-0.2, 0) is 11.2 Å². The first-order valence-corrected chi connectivity index (χ1v) is 7.37. The third kappa shape index (κ3) is 4.37. The molecule has 2 rings (SSSR count). The molecule has 0 spiro atoms. The van der Waals surface area contributed by atoms with Gasteiger partial charge in [-0.3, -0.25) is 4.79 Å². The van der Waals surface area contributed by atoms with Crippen molar-refractivity contribution in [1.29, 1.82) is 0 Å². The molecule has 0 bridgehead atoms. The van der Waals surface area contributed by atoms with Gasteiger partial charge in [-0.05, 0) is 43.5 Å². The number of piperidine rings is 1. The summed E-state index contributed by atoms with van der Waals surface area (Å²) in [6, 6.07) is 5.40. The first-order chi connectivity index (χ1) is 9.16. The Morgan fingerprint density at radius 1 is 1.37 bits per heavy atom. The minimum absolute atomic E-state index is 0.0329. The maximum absolute atomic E-state index is 11.9. The lowest BCUT2D eigenvalue weighted by molar-refractivity contribution is -0.123. The van der Waals surface area contributed by atoms with E-state index in [1.807, 2.05) is 12.1 Å². The Morgan fingerprint density at radius 2 is 2.21 bits per heavy atom. The van der Waals surface area contributed by atoms with Crippen LogP contribution in [-0.4, -0.2) is 25.0 Å². The Bertz CT molecular complexity index is 445. The van der Waals surface area contributed by atoms with E-state index in [4.69, 9.17) is 23.2 Å². The van der Waals surface area contributed by atoms with Crippen LogP contribution in [0.25, 0.3) is 0 Å². The standard InChI is InChI=1S/C14H18Cl2N2O/c15-11-5-4-10(12(16)9-11)6-8-18-14(19)13-3-1-2-7-17-13/h4-5,9,13,17H,1-3,6-8H2,(H,18,19)/t13-/m0/s1. The minimum Gasteiger partial charge on any atom is -0.354 e. The summed E-state index contributed by atoms with van der Waals surface area (Å²) < 4.78 is 0. The molecular weight excluding hydrogens is 283 g/mol. The highest BCUT2D eigenvalue weighted by Gasteiger charge is 2.19. The molecule has 0 saturated carbocycles. The van der Waals surface area contributed by atoms with Gasteiger partial charge in [-0.25, -0.2) is 0 Å². The monoisotopic (exact) mass is 300 g/mol. The molecule has 1 aromatic carbocycles. The second kappa shape index (κ2) is 7.13. The van der Waals surface area contributed by atoms with Gasteiger partial charge in [0.2, 0.25) is 5.91 Å². The Morgan fingerprint density at radius 3 is 2.89 bits per heavy atom. The zero-order valence-corrected chi connectivity index (χ0v) is 12.2. The maximum Gasteiger partial charge on any atom is 0.237 e. The zero-order chi connectivity index (χ0) is 13.7. The number of nitrogens with one attached hydrogen (secondary N) is 2. The summed E-state index contributed by atoms with van der Waals surface area (Å²) in [4.78, 5) is 11.9. The molecular formula is C14H18Cl2N2O. The first-order valence-electron chi connectivity index (χ1n) is 6.62. The molecule has 2 N–H and O–H groups in total. The topological polar surface area (TPSA) is 41.1 Å². The predicted molar refractivity (Wildman–Crippen MR) is 78.8 cm³/mol. The molecule has 0 radical (unpaired) electrons. The second-order valence-corrected chi connectivity index (χ2v) is 5.62. The van der Waals surface area contributed by atoms with Crippen molar-refractivity contribution in [3.63, 3.8) is 0 Å². The smallest absolute Gasteiger partial charge is 0.237 e. The van der Waals surface area contributed by atoms with Crippen molar-refractivity contribution >= 4 is 29.1 Å². The number of hydrogen-bond acceptors (Lipinski definition) is 2. The molecule has 0 unspecified atom stereocenters. The lowest BCUT2D eigenvalue weighted by Gasteiger charge is -2.22. The molecule has 1 aliphatic heterocycles. The predicted octanol–water partition coefficient (Wildman–Crippen LogP) is 2.79. The van der Waals surface area contributed by atoms with Crippen molar-refractivity contribution in [3.8, 4) is 0 Å². The van der Waals surface area contributed by atoms with Crippen LogP contribution in [0.15, 0.2) is 18.2 Å². The van der Waals surface area contributed by atoms with Gasteiger partial charge < -0.3 is 10.6 Å². The van der Waals surface area contributed by atoms with Crippen LogP contribution in [0, 0.1) is 0 Å². The van der Waals surface area contributed by atoms with Gasteiger partial charge in [0, 0.05) is 16.6 Å². The van der Waals surface area contributed by atoms with Crippen LogP contribution in [0.3, 0.4) is 0 Å². The van der Waals surface area contributed by atoms with Crippen molar-refractivity contribution in [2.75, 3.05) is 13.1 Å². The van der Waals surface area contributed by atoms with E-state index >= 15 is 0 Å². The van der Waals surface area contributed by atoms with E-state index < -0.39 is 0 Å². The van der Waals surface area contributed by atoms with Crippen molar-refractivity contribution in [2.24, 2.45) is 0 Å². The summed E-state index contributed by atoms with van der Waals surface area (Å²) in [5.74, 6) is 0.0878. The van der Waals surface area contributed by atoms with E-state index in [1.54, 1.807) is 6.07 Å². The minimum atomic E-state index is -0.0329. The van der Waals surface area contributed by atoms with Crippen molar-refractivity contribution in [3.05, 3.63) is 33.8 Å². The molecule has 5 heteroatoms. The largest absolute Gasteiger partial charge is 0.354 e. The van der Waals surface area contributed by atoms with Gasteiger partial charge in [-0.2, -0.15) is 0 Å². The van der Waals surface area contributed by atoms with Gasteiger partial charge in [0.1, 0.15) is 0 Å². The SMILES string of the molecule is O=C(NCCc1ccc(Cl)cc1Cl)[C@@H]1CCCCN1. The number of benzene rings is 1. The van der Waals surface area contributed by atoms with Crippen molar-refractivity contribution in [2.45, 2.75) is 31.7 Å². The molecule has 104 valence electrons. The highest BCUT2D eigenvalue weighted by Crippen LogP contribution is 2.21. The summed E-state index contributed by atoms with van der Waals surface area (Å²) >= 11 is 11.9. The Kier molecular flexibility index (Phi) is 5.49. The molecule has 1 atom stereocenters. The van der Waals surface area contributed by atoms with E-state index in [1.165, 1.54) is 0 Å². The summed E-state index contributed by atoms with van der Waals surface area (Å²) in [7, 11) is 0. The van der Waals surface area contributed by atoms with E-state index in [9.17, 15) is 4.79 Å². The Balaban J connectivity index is 1.78. The fourth-order valence-corrected chi connectivity index (χ4v) is 2.75. The fourth-order valence-electron chi connectivity index (χ4n) is 2.24. The summed E-state index contributed by atoms with van der Waals surface area (Å²) in [6.07, 6.45) is 3.92. The third-order valence-electron chi connectivity index (χ3n) is 3.34. The number of hydrogen-bond donors (Lipinski definition) is 2. The average molecular weight is 301 g/mol. The zero-order valence-electron chi connectivity index (χ0n) is 10.7. The first kappa shape index (κ1) is 14.6. The number of amides is 1. The Labute approximate surface area is 123 Å². The van der Waals surface area contributed by atoms with Gasteiger partial charge in [0.15, 0.2) is 0 Å². The van der Waals surface area contributed by atoms with E-state index in [0.29, 0.717) is 23.0 Å². The normalized spacial score (nSPS) is 19.2. The van der Waals surface area contributed by atoms with Gasteiger partial charge in [-0.1, -0.05) is 35.7 Å². The summed E-state index contributed by atoms with van der Waals surface area (Å²) in [5, 5.41) is 7.46. The van der Waals surface area contributed by atoms with Gasteiger partial charge in [0.25, 0.3) is 0 Å². The fraction of sp³-hybridized carbons (Fsp3) is 0.500. The van der Waals surface area contributed by atoms with Crippen LogP contribution in [0.5, 0.6) is 0 Å². The molecule has 0 aliphatic carbocycles. The lowest BCUT2D eigenvalue weighted by Crippen LogP contribution is -2.47. The molecule has 19 heavy (non-hydrogen) atoms. The lowest BCUT2D eigenvalue weighted by atomic mass is 10.0. The average Bonchev–Trinajstić information content (AvgIpc) is 2.42. The number of carbonyl (C=O) groups is 1. The highest BCUT2D eigenvalue weighted by atomic mass is 35.5. The molecule has 1 aromatic rings. The van der Waals surface area contributed by atoms with E-state index in [2.05, 4.69) is 10.6 Å². The molecule has 1 fully saturated rings. The van der Waals surface area contributed by atoms with Crippen LogP contribution in [0.1, 0.15) is 24.8 Å². The second-order valence-electron chi connectivity index (χ2n) is 4.78. The van der Waals surface area contributed by atoms with Gasteiger partial charge in [-0.15, -0.1) is 0 Å². The van der Waals surface area contributed by atoms with Gasteiger partial charge >= 0.3 is 0 Å². The molecule has 3 nitrogen and oxygen atoms in total. The van der Waals surface area contributed by atoms with Crippen LogP contribution < -0.4 is 10.6 Å². The van der Waals surface area contributed by atoms with Crippen molar-refractivity contribution < 1.29 is 4.79 Å². The molecule has 1 heterocycles. The highest BCUT2D eigenvalue weighted by molar-refractivity contribution is 6.35. The quantitative estimate of drug-likeness (QED) is 0.898. The van der Waals surface area contributed by atoms with Crippen molar-refractivity contribution in [1.82, 2.24) is 10.6 Å².